The normalized spacial score (nSPS) is 15.5. The Morgan fingerprint density at radius 3 is 2.38 bits per heavy atom. The number of hydrogen-bond donors (Lipinski definition) is 1. The lowest BCUT2D eigenvalue weighted by Crippen LogP contribution is -2.50. The Morgan fingerprint density at radius 2 is 1.73 bits per heavy atom. The lowest BCUT2D eigenvalue weighted by molar-refractivity contribution is -0.158. The minimum atomic E-state index is -1.07. The zero-order chi connectivity index (χ0) is 26.2. The SMILES string of the molecule is CCCCO[C@H](C(=O)N1Cc2ccc(OC)c(OCc3ccccc3)c2C[C@@H]1C(=O)O)c1ccccc1. The molecule has 0 fully saturated rings. The van der Waals surface area contributed by atoms with Crippen molar-refractivity contribution in [2.75, 3.05) is 13.7 Å². The number of carboxylic acids is 1. The second-order valence-corrected chi connectivity index (χ2v) is 9.05. The van der Waals surface area contributed by atoms with Crippen LogP contribution in [0.1, 0.15) is 48.1 Å². The Bertz CT molecular complexity index is 1200. The van der Waals surface area contributed by atoms with Crippen molar-refractivity contribution in [1.82, 2.24) is 4.90 Å². The molecule has 2 atom stereocenters. The van der Waals surface area contributed by atoms with Gasteiger partial charge in [0, 0.05) is 25.1 Å². The topological polar surface area (TPSA) is 85.3 Å². The summed E-state index contributed by atoms with van der Waals surface area (Å²) in [6, 6.07) is 21.6. The van der Waals surface area contributed by atoms with Gasteiger partial charge in [-0.2, -0.15) is 0 Å². The summed E-state index contributed by atoms with van der Waals surface area (Å²) >= 11 is 0. The van der Waals surface area contributed by atoms with Crippen LogP contribution in [0.2, 0.25) is 0 Å². The van der Waals surface area contributed by atoms with E-state index in [2.05, 4.69) is 6.92 Å². The zero-order valence-corrected chi connectivity index (χ0v) is 21.3. The van der Waals surface area contributed by atoms with Crippen molar-refractivity contribution in [3.8, 4) is 11.5 Å². The van der Waals surface area contributed by atoms with E-state index in [1.165, 1.54) is 4.90 Å². The van der Waals surface area contributed by atoms with E-state index in [1.54, 1.807) is 13.2 Å². The molecular formula is C30H33NO6. The summed E-state index contributed by atoms with van der Waals surface area (Å²) in [5, 5.41) is 10.2. The van der Waals surface area contributed by atoms with Gasteiger partial charge in [0.15, 0.2) is 17.6 Å². The fourth-order valence-electron chi connectivity index (χ4n) is 4.55. The summed E-state index contributed by atoms with van der Waals surface area (Å²) in [7, 11) is 1.56. The van der Waals surface area contributed by atoms with Gasteiger partial charge in [0.25, 0.3) is 5.91 Å². The number of nitrogens with zero attached hydrogens (tertiary/aromatic N) is 1. The first-order valence-electron chi connectivity index (χ1n) is 12.6. The number of carbonyl (C=O) groups excluding carboxylic acids is 1. The highest BCUT2D eigenvalue weighted by Gasteiger charge is 2.40. The minimum Gasteiger partial charge on any atom is -0.493 e. The van der Waals surface area contributed by atoms with Crippen molar-refractivity contribution in [3.05, 3.63) is 95.1 Å². The molecule has 0 aromatic heterocycles. The zero-order valence-electron chi connectivity index (χ0n) is 21.3. The second kappa shape index (κ2) is 12.4. The summed E-state index contributed by atoms with van der Waals surface area (Å²) < 4.78 is 17.7. The number of carboxylic acid groups (broad SMARTS) is 1. The molecule has 1 aliphatic heterocycles. The molecule has 7 nitrogen and oxygen atoms in total. The summed E-state index contributed by atoms with van der Waals surface area (Å²) in [4.78, 5) is 27.7. The minimum absolute atomic E-state index is 0.105. The van der Waals surface area contributed by atoms with Gasteiger partial charge in [-0.3, -0.25) is 4.79 Å². The lowest BCUT2D eigenvalue weighted by Gasteiger charge is -2.37. The summed E-state index contributed by atoms with van der Waals surface area (Å²) in [5.41, 5.74) is 3.27. The van der Waals surface area contributed by atoms with Crippen LogP contribution in [-0.2, 0) is 33.9 Å². The van der Waals surface area contributed by atoms with Gasteiger partial charge in [0.1, 0.15) is 12.6 Å². The van der Waals surface area contributed by atoms with E-state index in [4.69, 9.17) is 14.2 Å². The second-order valence-electron chi connectivity index (χ2n) is 9.05. The van der Waals surface area contributed by atoms with E-state index >= 15 is 0 Å². The number of carbonyl (C=O) groups is 2. The van der Waals surface area contributed by atoms with Crippen LogP contribution in [0.3, 0.4) is 0 Å². The third kappa shape index (κ3) is 6.12. The van der Waals surface area contributed by atoms with E-state index in [9.17, 15) is 14.7 Å². The number of ether oxygens (including phenoxy) is 3. The highest BCUT2D eigenvalue weighted by molar-refractivity contribution is 5.88. The third-order valence-electron chi connectivity index (χ3n) is 6.56. The number of fused-ring (bicyclic) bond motifs is 1. The summed E-state index contributed by atoms with van der Waals surface area (Å²) in [5.74, 6) is -0.385. The number of amides is 1. The predicted molar refractivity (Wildman–Crippen MR) is 139 cm³/mol. The van der Waals surface area contributed by atoms with E-state index in [0.717, 1.165) is 29.5 Å². The first kappa shape index (κ1) is 26.2. The Balaban J connectivity index is 1.65. The number of unbranched alkanes of at least 4 members (excludes halogenated alkanes) is 1. The third-order valence-corrected chi connectivity index (χ3v) is 6.56. The lowest BCUT2D eigenvalue weighted by atomic mass is 9.91. The van der Waals surface area contributed by atoms with Crippen LogP contribution in [0.5, 0.6) is 11.5 Å². The maximum absolute atomic E-state index is 13.8. The van der Waals surface area contributed by atoms with Gasteiger partial charge in [-0.05, 0) is 29.2 Å². The average molecular weight is 504 g/mol. The van der Waals surface area contributed by atoms with Crippen LogP contribution in [0.4, 0.5) is 0 Å². The van der Waals surface area contributed by atoms with Crippen LogP contribution in [0.15, 0.2) is 72.8 Å². The Labute approximate surface area is 217 Å². The quantitative estimate of drug-likeness (QED) is 0.364. The van der Waals surface area contributed by atoms with E-state index < -0.39 is 18.1 Å². The van der Waals surface area contributed by atoms with Gasteiger partial charge in [-0.15, -0.1) is 0 Å². The molecule has 0 saturated heterocycles. The molecule has 37 heavy (non-hydrogen) atoms. The summed E-state index contributed by atoms with van der Waals surface area (Å²) in [6.45, 7) is 2.92. The molecule has 194 valence electrons. The van der Waals surface area contributed by atoms with E-state index in [-0.39, 0.29) is 18.9 Å². The molecule has 1 heterocycles. The maximum Gasteiger partial charge on any atom is 0.326 e. The van der Waals surface area contributed by atoms with Crippen LogP contribution in [-0.4, -0.2) is 41.6 Å². The first-order chi connectivity index (χ1) is 18.0. The maximum atomic E-state index is 13.8. The van der Waals surface area contributed by atoms with Crippen molar-refractivity contribution in [2.24, 2.45) is 0 Å². The van der Waals surface area contributed by atoms with Gasteiger partial charge in [0.05, 0.1) is 7.11 Å². The van der Waals surface area contributed by atoms with Crippen molar-refractivity contribution < 1.29 is 28.9 Å². The molecule has 7 heteroatoms. The van der Waals surface area contributed by atoms with Gasteiger partial charge in [-0.25, -0.2) is 4.79 Å². The van der Waals surface area contributed by atoms with Crippen LogP contribution < -0.4 is 9.47 Å². The molecule has 1 aliphatic rings. The van der Waals surface area contributed by atoms with Gasteiger partial charge in [0.2, 0.25) is 0 Å². The molecule has 0 aliphatic carbocycles. The number of aliphatic carboxylic acids is 1. The van der Waals surface area contributed by atoms with Crippen molar-refractivity contribution in [1.29, 1.82) is 0 Å². The fourth-order valence-corrected chi connectivity index (χ4v) is 4.55. The fraction of sp³-hybridized carbons (Fsp3) is 0.333. The molecular weight excluding hydrogens is 470 g/mol. The predicted octanol–water partition coefficient (Wildman–Crippen LogP) is 5.17. The molecule has 0 spiro atoms. The van der Waals surface area contributed by atoms with Crippen LogP contribution in [0, 0.1) is 0 Å². The highest BCUT2D eigenvalue weighted by Crippen LogP contribution is 2.39. The molecule has 0 bridgehead atoms. The number of benzene rings is 3. The molecule has 1 amide bonds. The van der Waals surface area contributed by atoms with Crippen molar-refractivity contribution in [2.45, 2.75) is 51.5 Å². The monoisotopic (exact) mass is 503 g/mol. The number of hydrogen-bond acceptors (Lipinski definition) is 5. The van der Waals surface area contributed by atoms with E-state index in [1.807, 2.05) is 66.7 Å². The van der Waals surface area contributed by atoms with Crippen molar-refractivity contribution >= 4 is 11.9 Å². The largest absolute Gasteiger partial charge is 0.493 e. The molecule has 4 rings (SSSR count). The average Bonchev–Trinajstić information content (AvgIpc) is 2.94. The molecule has 3 aromatic rings. The number of methoxy groups -OCH3 is 1. The van der Waals surface area contributed by atoms with Crippen molar-refractivity contribution in [3.63, 3.8) is 0 Å². The standard InChI is InChI=1S/C30H33NO6/c1-3-4-17-36-27(22-13-9-6-10-14-22)29(32)31-19-23-15-16-26(35-2)28(24(23)18-25(31)30(33)34)37-20-21-11-7-5-8-12-21/h5-16,25,27H,3-4,17-20H2,1-2H3,(H,33,34)/t25-,27+/m1/s1. The number of rotatable bonds is 11. The van der Waals surface area contributed by atoms with E-state index in [0.29, 0.717) is 30.3 Å². The Kier molecular flexibility index (Phi) is 8.80. The highest BCUT2D eigenvalue weighted by atomic mass is 16.5. The van der Waals surface area contributed by atoms with Gasteiger partial charge >= 0.3 is 5.97 Å². The molecule has 0 radical (unpaired) electrons. The first-order valence-corrected chi connectivity index (χ1v) is 12.6. The summed E-state index contributed by atoms with van der Waals surface area (Å²) in [6.07, 6.45) is 0.971. The molecule has 0 unspecified atom stereocenters. The van der Waals surface area contributed by atoms with Crippen LogP contribution in [0.25, 0.3) is 0 Å². The van der Waals surface area contributed by atoms with Crippen LogP contribution >= 0.6 is 0 Å². The molecule has 1 N–H and O–H groups in total. The van der Waals surface area contributed by atoms with Gasteiger partial charge < -0.3 is 24.2 Å². The Morgan fingerprint density at radius 1 is 1.03 bits per heavy atom. The molecule has 3 aromatic carbocycles. The Hall–Kier alpha value is -3.84. The molecule has 0 saturated carbocycles. The van der Waals surface area contributed by atoms with Gasteiger partial charge in [-0.1, -0.05) is 80.1 Å². The smallest absolute Gasteiger partial charge is 0.326 e.